The van der Waals surface area contributed by atoms with Crippen molar-refractivity contribution in [2.45, 2.75) is 27.3 Å². The van der Waals surface area contributed by atoms with Crippen LogP contribution in [0.4, 0.5) is 10.5 Å². The third-order valence-electron chi connectivity index (χ3n) is 3.68. The number of carbonyl (C=O) groups is 2. The molecule has 0 saturated carbocycles. The summed E-state index contributed by atoms with van der Waals surface area (Å²) < 4.78 is 4.93. The summed E-state index contributed by atoms with van der Waals surface area (Å²) in [5.74, 6) is -0.343. The fraction of sp³-hybridized carbons (Fsp3) is 0.263. The van der Waals surface area contributed by atoms with Crippen molar-refractivity contribution in [2.75, 3.05) is 11.9 Å². The van der Waals surface area contributed by atoms with E-state index in [-0.39, 0.29) is 12.0 Å². The Bertz CT molecular complexity index is 724. The number of urea groups is 1. The lowest BCUT2D eigenvalue weighted by Crippen LogP contribution is -2.28. The minimum absolute atomic E-state index is 0.271. The van der Waals surface area contributed by atoms with E-state index < -0.39 is 0 Å². The molecule has 5 nitrogen and oxygen atoms in total. The first-order valence-electron chi connectivity index (χ1n) is 7.87. The Morgan fingerprint density at radius 2 is 1.71 bits per heavy atom. The normalized spacial score (nSPS) is 10.1. The molecule has 0 aliphatic heterocycles. The lowest BCUT2D eigenvalue weighted by Gasteiger charge is -2.10. The van der Waals surface area contributed by atoms with Crippen molar-refractivity contribution >= 4 is 17.7 Å². The maximum Gasteiger partial charge on any atom is 0.338 e. The third kappa shape index (κ3) is 4.84. The van der Waals surface area contributed by atoms with Crippen molar-refractivity contribution in [3.05, 3.63) is 64.7 Å². The maximum atomic E-state index is 11.9. The number of amides is 2. The lowest BCUT2D eigenvalue weighted by molar-refractivity contribution is 0.0526. The van der Waals surface area contributed by atoms with Gasteiger partial charge < -0.3 is 15.4 Å². The minimum atomic E-state index is -0.343. The van der Waals surface area contributed by atoms with Crippen molar-refractivity contribution in [1.82, 2.24) is 5.32 Å². The van der Waals surface area contributed by atoms with Crippen molar-refractivity contribution in [2.24, 2.45) is 0 Å². The van der Waals surface area contributed by atoms with Crippen molar-refractivity contribution in [3.8, 4) is 0 Å². The Hall–Kier alpha value is -2.82. The number of hydrogen-bond donors (Lipinski definition) is 2. The second kappa shape index (κ2) is 8.15. The smallest absolute Gasteiger partial charge is 0.338 e. The average Bonchev–Trinajstić information content (AvgIpc) is 2.57. The van der Waals surface area contributed by atoms with Gasteiger partial charge in [-0.3, -0.25) is 0 Å². The standard InChI is InChI=1S/C19H22N2O3/c1-4-24-18(22)16-8-6-15(7-9-16)12-20-19(23)21-17-10-5-13(2)14(3)11-17/h5-11H,4,12H2,1-3H3,(H2,20,21,23). The van der Waals surface area contributed by atoms with E-state index in [1.54, 1.807) is 31.2 Å². The summed E-state index contributed by atoms with van der Waals surface area (Å²) in [5.41, 5.74) is 4.47. The molecular formula is C19H22N2O3. The van der Waals surface area contributed by atoms with Crippen LogP contribution in [0.15, 0.2) is 42.5 Å². The summed E-state index contributed by atoms with van der Waals surface area (Å²) in [7, 11) is 0. The van der Waals surface area contributed by atoms with Crippen LogP contribution in [0, 0.1) is 13.8 Å². The highest BCUT2D eigenvalue weighted by Gasteiger charge is 2.06. The van der Waals surface area contributed by atoms with Gasteiger partial charge in [0.15, 0.2) is 0 Å². The van der Waals surface area contributed by atoms with Crippen molar-refractivity contribution in [1.29, 1.82) is 0 Å². The number of hydrogen-bond acceptors (Lipinski definition) is 3. The van der Waals surface area contributed by atoms with E-state index >= 15 is 0 Å². The highest BCUT2D eigenvalue weighted by Crippen LogP contribution is 2.14. The van der Waals surface area contributed by atoms with Crippen LogP contribution < -0.4 is 10.6 Å². The lowest BCUT2D eigenvalue weighted by atomic mass is 10.1. The quantitative estimate of drug-likeness (QED) is 0.821. The van der Waals surface area contributed by atoms with E-state index in [0.717, 1.165) is 16.8 Å². The van der Waals surface area contributed by atoms with E-state index in [1.807, 2.05) is 32.0 Å². The molecule has 5 heteroatoms. The molecule has 0 bridgehead atoms. The first-order chi connectivity index (χ1) is 11.5. The molecular weight excluding hydrogens is 304 g/mol. The summed E-state index contributed by atoms with van der Waals surface area (Å²) in [5, 5.41) is 5.59. The number of carbonyl (C=O) groups excluding carboxylic acids is 2. The van der Waals surface area contributed by atoms with Crippen molar-refractivity contribution < 1.29 is 14.3 Å². The topological polar surface area (TPSA) is 67.4 Å². The second-order valence-corrected chi connectivity index (χ2v) is 5.52. The Kier molecular flexibility index (Phi) is 5.95. The maximum absolute atomic E-state index is 11.9. The first-order valence-corrected chi connectivity index (χ1v) is 7.87. The fourth-order valence-corrected chi connectivity index (χ4v) is 2.15. The predicted molar refractivity (Wildman–Crippen MR) is 94.2 cm³/mol. The summed E-state index contributed by atoms with van der Waals surface area (Å²) >= 11 is 0. The van der Waals surface area contributed by atoms with Gasteiger partial charge in [-0.25, -0.2) is 9.59 Å². The molecule has 0 unspecified atom stereocenters. The zero-order valence-corrected chi connectivity index (χ0v) is 14.2. The van der Waals surface area contributed by atoms with E-state index in [4.69, 9.17) is 4.74 Å². The van der Waals surface area contributed by atoms with Crippen LogP contribution in [-0.2, 0) is 11.3 Å². The minimum Gasteiger partial charge on any atom is -0.462 e. The van der Waals surface area contributed by atoms with Gasteiger partial charge in [0.1, 0.15) is 0 Å². The van der Waals surface area contributed by atoms with Crippen LogP contribution >= 0.6 is 0 Å². The van der Waals surface area contributed by atoms with Gasteiger partial charge in [-0.2, -0.15) is 0 Å². The number of esters is 1. The molecule has 24 heavy (non-hydrogen) atoms. The van der Waals surface area contributed by atoms with Gasteiger partial charge >= 0.3 is 12.0 Å². The number of rotatable bonds is 5. The molecule has 2 N–H and O–H groups in total. The van der Waals surface area contributed by atoms with Gasteiger partial charge in [-0.05, 0) is 61.7 Å². The monoisotopic (exact) mass is 326 g/mol. The molecule has 2 aromatic rings. The molecule has 0 heterocycles. The van der Waals surface area contributed by atoms with Gasteiger partial charge in [-0.15, -0.1) is 0 Å². The molecule has 0 aliphatic carbocycles. The molecule has 0 spiro atoms. The molecule has 2 rings (SSSR count). The number of benzene rings is 2. The van der Waals surface area contributed by atoms with E-state index in [9.17, 15) is 9.59 Å². The Morgan fingerprint density at radius 1 is 1.00 bits per heavy atom. The fourth-order valence-electron chi connectivity index (χ4n) is 2.15. The van der Waals surface area contributed by atoms with E-state index in [1.165, 1.54) is 5.56 Å². The van der Waals surface area contributed by atoms with Gasteiger partial charge in [0.05, 0.1) is 12.2 Å². The van der Waals surface area contributed by atoms with Gasteiger partial charge in [0.25, 0.3) is 0 Å². The molecule has 0 atom stereocenters. The molecule has 126 valence electrons. The molecule has 0 aliphatic rings. The predicted octanol–water partition coefficient (Wildman–Crippen LogP) is 3.80. The number of ether oxygens (including phenoxy) is 1. The van der Waals surface area contributed by atoms with Gasteiger partial charge in [-0.1, -0.05) is 18.2 Å². The van der Waals surface area contributed by atoms with Gasteiger partial charge in [0.2, 0.25) is 0 Å². The molecule has 0 radical (unpaired) electrons. The SMILES string of the molecule is CCOC(=O)c1ccc(CNC(=O)Nc2ccc(C)c(C)c2)cc1. The van der Waals surface area contributed by atoms with E-state index in [0.29, 0.717) is 18.7 Å². The summed E-state index contributed by atoms with van der Waals surface area (Å²) in [6.45, 7) is 6.52. The number of nitrogens with one attached hydrogen (secondary N) is 2. The molecule has 2 amide bonds. The Labute approximate surface area is 142 Å². The number of anilines is 1. The van der Waals surface area contributed by atoms with Crippen LogP contribution in [0.1, 0.15) is 34.0 Å². The molecule has 2 aromatic carbocycles. The van der Waals surface area contributed by atoms with Crippen LogP contribution in [0.3, 0.4) is 0 Å². The zero-order valence-electron chi connectivity index (χ0n) is 14.2. The third-order valence-corrected chi connectivity index (χ3v) is 3.68. The summed E-state index contributed by atoms with van der Waals surface area (Å²) in [6.07, 6.45) is 0. The van der Waals surface area contributed by atoms with Crippen molar-refractivity contribution in [3.63, 3.8) is 0 Å². The Morgan fingerprint density at radius 3 is 2.33 bits per heavy atom. The highest BCUT2D eigenvalue weighted by atomic mass is 16.5. The number of aryl methyl sites for hydroxylation is 2. The molecule has 0 aromatic heterocycles. The average molecular weight is 326 g/mol. The molecule has 0 saturated heterocycles. The van der Waals surface area contributed by atoms with Crippen LogP contribution in [-0.4, -0.2) is 18.6 Å². The Balaban J connectivity index is 1.87. The van der Waals surface area contributed by atoms with Crippen LogP contribution in [0.2, 0.25) is 0 Å². The second-order valence-electron chi connectivity index (χ2n) is 5.52. The van der Waals surface area contributed by atoms with E-state index in [2.05, 4.69) is 10.6 Å². The molecule has 0 fully saturated rings. The summed E-state index contributed by atoms with van der Waals surface area (Å²) in [4.78, 5) is 23.5. The van der Waals surface area contributed by atoms with Gasteiger partial charge in [0, 0.05) is 12.2 Å². The zero-order chi connectivity index (χ0) is 17.5. The first kappa shape index (κ1) is 17.5. The summed E-state index contributed by atoms with van der Waals surface area (Å²) in [6, 6.07) is 12.5. The van der Waals surface area contributed by atoms with Crippen LogP contribution in [0.5, 0.6) is 0 Å². The largest absolute Gasteiger partial charge is 0.462 e. The van der Waals surface area contributed by atoms with Crippen LogP contribution in [0.25, 0.3) is 0 Å². The highest BCUT2D eigenvalue weighted by molar-refractivity contribution is 5.90.